The van der Waals surface area contributed by atoms with Gasteiger partial charge in [0, 0.05) is 11.6 Å². The Morgan fingerprint density at radius 2 is 2.00 bits per heavy atom. The van der Waals surface area contributed by atoms with Gasteiger partial charge in [-0.25, -0.2) is 14.1 Å². The van der Waals surface area contributed by atoms with Crippen molar-refractivity contribution in [3.63, 3.8) is 0 Å². The van der Waals surface area contributed by atoms with E-state index in [0.29, 0.717) is 11.9 Å². The predicted octanol–water partition coefficient (Wildman–Crippen LogP) is 4.22. The molecule has 0 aliphatic rings. The summed E-state index contributed by atoms with van der Waals surface area (Å²) in [6, 6.07) is 2.87. The van der Waals surface area contributed by atoms with Crippen molar-refractivity contribution < 1.29 is 17.6 Å². The average Bonchev–Trinajstić information content (AvgIpc) is 3.15. The van der Waals surface area contributed by atoms with Crippen LogP contribution in [0.4, 0.5) is 17.6 Å². The average molecular weight is 407 g/mol. The van der Waals surface area contributed by atoms with E-state index in [2.05, 4.69) is 20.3 Å². The summed E-state index contributed by atoms with van der Waals surface area (Å²) in [6.07, 6.45) is 1.08. The Bertz CT molecular complexity index is 1100. The summed E-state index contributed by atoms with van der Waals surface area (Å²) >= 11 is 0. The zero-order valence-corrected chi connectivity index (χ0v) is 15.5. The van der Waals surface area contributed by atoms with E-state index in [0.717, 1.165) is 18.6 Å². The lowest BCUT2D eigenvalue weighted by atomic mass is 10.0. The maximum absolute atomic E-state index is 14.2. The highest BCUT2D eigenvalue weighted by molar-refractivity contribution is 5.54. The molecule has 0 amide bonds. The van der Waals surface area contributed by atoms with Gasteiger partial charge in [-0.3, -0.25) is 4.79 Å². The molecule has 0 radical (unpaired) electrons. The molecule has 152 valence electrons. The minimum atomic E-state index is -4.63. The molecule has 0 aliphatic carbocycles. The Balaban J connectivity index is 1.91. The van der Waals surface area contributed by atoms with Crippen LogP contribution in [0.2, 0.25) is 0 Å². The van der Waals surface area contributed by atoms with Crippen LogP contribution in [0.5, 0.6) is 0 Å². The smallest absolute Gasteiger partial charge is 0.307 e. The molecule has 0 saturated heterocycles. The first-order valence-corrected chi connectivity index (χ1v) is 8.75. The Labute approximate surface area is 162 Å². The minimum Gasteiger partial charge on any atom is -0.307 e. The Morgan fingerprint density at radius 1 is 1.24 bits per heavy atom. The fourth-order valence-corrected chi connectivity index (χ4v) is 2.68. The SMILES string of the molecule is CCC=Cc1nc(-c2cn(C(C)c3ccc(C(F)(F)F)cc3F)nn2)cc(=O)[nH]1. The van der Waals surface area contributed by atoms with Crippen LogP contribution >= 0.6 is 0 Å². The van der Waals surface area contributed by atoms with E-state index in [-0.39, 0.29) is 22.5 Å². The fraction of sp³-hybridized carbons (Fsp3) is 0.263. The molecule has 1 unspecified atom stereocenters. The van der Waals surface area contributed by atoms with Crippen molar-refractivity contribution in [2.24, 2.45) is 0 Å². The number of hydrogen-bond acceptors (Lipinski definition) is 4. The first kappa shape index (κ1) is 20.4. The maximum atomic E-state index is 14.2. The molecule has 0 spiro atoms. The standard InChI is InChI=1S/C19H17F4N5O/c1-3-4-5-17-24-15(9-18(29)25-17)16-10-28(27-26-16)11(2)13-7-6-12(8-14(13)20)19(21,22)23/h4-11H,3H2,1-2H3,(H,24,25,29). The first-order chi connectivity index (χ1) is 13.7. The van der Waals surface area contributed by atoms with Gasteiger partial charge in [-0.1, -0.05) is 24.3 Å². The van der Waals surface area contributed by atoms with E-state index in [1.165, 1.54) is 16.9 Å². The third-order valence-electron chi connectivity index (χ3n) is 4.22. The first-order valence-electron chi connectivity index (χ1n) is 8.75. The van der Waals surface area contributed by atoms with Crippen LogP contribution in [0.25, 0.3) is 17.5 Å². The van der Waals surface area contributed by atoms with Gasteiger partial charge >= 0.3 is 6.18 Å². The molecular formula is C19H17F4N5O. The number of benzene rings is 1. The molecule has 29 heavy (non-hydrogen) atoms. The summed E-state index contributed by atoms with van der Waals surface area (Å²) in [7, 11) is 0. The zero-order valence-electron chi connectivity index (χ0n) is 15.5. The molecule has 6 nitrogen and oxygen atoms in total. The molecule has 2 heterocycles. The van der Waals surface area contributed by atoms with Crippen molar-refractivity contribution in [3.05, 3.63) is 69.7 Å². The van der Waals surface area contributed by atoms with Gasteiger partial charge in [0.2, 0.25) is 0 Å². The Morgan fingerprint density at radius 3 is 2.66 bits per heavy atom. The highest BCUT2D eigenvalue weighted by Gasteiger charge is 2.31. The lowest BCUT2D eigenvalue weighted by Gasteiger charge is -2.14. The van der Waals surface area contributed by atoms with E-state index in [1.54, 1.807) is 13.0 Å². The largest absolute Gasteiger partial charge is 0.416 e. The van der Waals surface area contributed by atoms with Crippen molar-refractivity contribution in [3.8, 4) is 11.4 Å². The van der Waals surface area contributed by atoms with Gasteiger partial charge in [-0.15, -0.1) is 5.10 Å². The van der Waals surface area contributed by atoms with Crippen molar-refractivity contribution in [2.45, 2.75) is 32.5 Å². The summed E-state index contributed by atoms with van der Waals surface area (Å²) in [5.41, 5.74) is -0.857. The van der Waals surface area contributed by atoms with Crippen molar-refractivity contribution in [1.82, 2.24) is 25.0 Å². The highest BCUT2D eigenvalue weighted by atomic mass is 19.4. The molecule has 3 aromatic rings. The molecule has 1 atom stereocenters. The van der Waals surface area contributed by atoms with Gasteiger partial charge in [-0.2, -0.15) is 13.2 Å². The summed E-state index contributed by atoms with van der Waals surface area (Å²) in [6.45, 7) is 3.51. The van der Waals surface area contributed by atoms with E-state index in [1.807, 2.05) is 13.0 Å². The highest BCUT2D eigenvalue weighted by Crippen LogP contribution is 2.32. The summed E-state index contributed by atoms with van der Waals surface area (Å²) < 4.78 is 53.7. The van der Waals surface area contributed by atoms with E-state index in [4.69, 9.17) is 0 Å². The zero-order chi connectivity index (χ0) is 21.2. The van der Waals surface area contributed by atoms with E-state index >= 15 is 0 Å². The van der Waals surface area contributed by atoms with Gasteiger partial charge in [-0.05, 0) is 31.6 Å². The van der Waals surface area contributed by atoms with Crippen LogP contribution in [-0.4, -0.2) is 25.0 Å². The number of nitrogens with one attached hydrogen (secondary N) is 1. The van der Waals surface area contributed by atoms with Crippen LogP contribution in [0, 0.1) is 5.82 Å². The molecule has 2 aromatic heterocycles. The third-order valence-corrected chi connectivity index (χ3v) is 4.22. The van der Waals surface area contributed by atoms with Gasteiger partial charge in [0.1, 0.15) is 23.0 Å². The summed E-state index contributed by atoms with van der Waals surface area (Å²) in [4.78, 5) is 18.7. The molecule has 0 aliphatic heterocycles. The third kappa shape index (κ3) is 4.58. The number of rotatable bonds is 5. The van der Waals surface area contributed by atoms with Gasteiger partial charge in [0.25, 0.3) is 5.56 Å². The van der Waals surface area contributed by atoms with Gasteiger partial charge in [0.05, 0.1) is 17.8 Å². The molecule has 10 heteroatoms. The molecule has 0 bridgehead atoms. The van der Waals surface area contributed by atoms with Crippen LogP contribution in [0.15, 0.2) is 41.3 Å². The number of halogens is 4. The molecule has 1 aromatic carbocycles. The molecule has 1 N–H and O–H groups in total. The lowest BCUT2D eigenvalue weighted by molar-refractivity contribution is -0.137. The normalized spacial score (nSPS) is 13.2. The van der Waals surface area contributed by atoms with Crippen LogP contribution in [0.3, 0.4) is 0 Å². The Kier molecular flexibility index (Phi) is 5.62. The maximum Gasteiger partial charge on any atom is 0.416 e. The van der Waals surface area contributed by atoms with Gasteiger partial charge < -0.3 is 4.98 Å². The van der Waals surface area contributed by atoms with Crippen molar-refractivity contribution in [2.75, 3.05) is 0 Å². The number of allylic oxidation sites excluding steroid dienone is 1. The van der Waals surface area contributed by atoms with Crippen molar-refractivity contribution >= 4 is 6.08 Å². The molecule has 0 saturated carbocycles. The fourth-order valence-electron chi connectivity index (χ4n) is 2.68. The molecular weight excluding hydrogens is 390 g/mol. The number of hydrogen-bond donors (Lipinski definition) is 1. The minimum absolute atomic E-state index is 0.0277. The van der Waals surface area contributed by atoms with E-state index in [9.17, 15) is 22.4 Å². The topological polar surface area (TPSA) is 76.5 Å². The second kappa shape index (κ2) is 7.98. The number of aromatic amines is 1. The molecule has 0 fully saturated rings. The second-order valence-corrected chi connectivity index (χ2v) is 6.32. The monoisotopic (exact) mass is 407 g/mol. The van der Waals surface area contributed by atoms with Crippen LogP contribution in [0.1, 0.15) is 43.3 Å². The summed E-state index contributed by atoms with van der Waals surface area (Å²) in [5.74, 6) is -0.642. The predicted molar refractivity (Wildman–Crippen MR) is 98.4 cm³/mol. The van der Waals surface area contributed by atoms with E-state index < -0.39 is 23.6 Å². The number of aromatic nitrogens is 5. The molecule has 3 rings (SSSR count). The quantitative estimate of drug-likeness (QED) is 0.643. The number of nitrogens with zero attached hydrogens (tertiary/aromatic N) is 4. The van der Waals surface area contributed by atoms with Crippen LogP contribution in [-0.2, 0) is 6.18 Å². The van der Waals surface area contributed by atoms with Gasteiger partial charge in [0.15, 0.2) is 0 Å². The summed E-state index contributed by atoms with van der Waals surface area (Å²) in [5, 5.41) is 7.86. The number of H-pyrrole nitrogens is 1. The van der Waals surface area contributed by atoms with Crippen molar-refractivity contribution in [1.29, 1.82) is 0 Å². The van der Waals surface area contributed by atoms with Crippen LogP contribution < -0.4 is 5.56 Å². The second-order valence-electron chi connectivity index (χ2n) is 6.32. The number of alkyl halides is 3. The lowest BCUT2D eigenvalue weighted by Crippen LogP contribution is -2.12. The Hall–Kier alpha value is -3.30.